The van der Waals surface area contributed by atoms with Gasteiger partial charge in [0, 0.05) is 10.0 Å². The van der Waals surface area contributed by atoms with E-state index >= 15 is 0 Å². The summed E-state index contributed by atoms with van der Waals surface area (Å²) in [6, 6.07) is 6.97. The van der Waals surface area contributed by atoms with Crippen LogP contribution in [0.25, 0.3) is 5.76 Å². The highest BCUT2D eigenvalue weighted by Gasteiger charge is 2.03. The number of hydrogen-bond donors (Lipinski definition) is 1. The number of aliphatic hydroxyl groups excluding tert-OH is 1. The van der Waals surface area contributed by atoms with Gasteiger partial charge in [-0.2, -0.15) is 0 Å². The van der Waals surface area contributed by atoms with E-state index in [2.05, 4.69) is 20.7 Å². The summed E-state index contributed by atoms with van der Waals surface area (Å²) >= 11 is 3.28. The molecule has 0 unspecified atom stereocenters. The molecule has 1 aromatic carbocycles. The second kappa shape index (κ2) is 5.56. The minimum absolute atomic E-state index is 0.0963. The zero-order chi connectivity index (χ0) is 11.3. The van der Waals surface area contributed by atoms with Gasteiger partial charge in [0.25, 0.3) is 0 Å². The summed E-state index contributed by atoms with van der Waals surface area (Å²) in [4.78, 5) is 11.0. The van der Waals surface area contributed by atoms with E-state index in [0.717, 1.165) is 10.5 Å². The average molecular weight is 271 g/mol. The van der Waals surface area contributed by atoms with Crippen LogP contribution >= 0.6 is 15.9 Å². The molecule has 0 spiro atoms. The van der Waals surface area contributed by atoms with E-state index in [4.69, 9.17) is 0 Å². The molecule has 0 aromatic heterocycles. The van der Waals surface area contributed by atoms with Crippen LogP contribution in [0.3, 0.4) is 0 Å². The molecule has 15 heavy (non-hydrogen) atoms. The lowest BCUT2D eigenvalue weighted by atomic mass is 10.2. The van der Waals surface area contributed by atoms with E-state index in [1.807, 2.05) is 0 Å². The standard InChI is InChI=1S/C11H11BrO3/c1-2-15-11(14)7-10(13)8-3-5-9(12)6-4-8/h3-7,13H,2H2,1H3. The van der Waals surface area contributed by atoms with Gasteiger partial charge in [-0.05, 0) is 19.1 Å². The van der Waals surface area contributed by atoms with Crippen LogP contribution in [-0.2, 0) is 9.53 Å². The van der Waals surface area contributed by atoms with E-state index in [0.29, 0.717) is 12.2 Å². The van der Waals surface area contributed by atoms with Gasteiger partial charge in [0.05, 0.1) is 12.7 Å². The van der Waals surface area contributed by atoms with Crippen molar-refractivity contribution in [2.75, 3.05) is 6.61 Å². The van der Waals surface area contributed by atoms with Crippen molar-refractivity contribution in [3.63, 3.8) is 0 Å². The van der Waals surface area contributed by atoms with E-state index < -0.39 is 5.97 Å². The third-order valence-corrected chi connectivity index (χ3v) is 2.21. The van der Waals surface area contributed by atoms with Crippen LogP contribution in [0, 0.1) is 0 Å². The van der Waals surface area contributed by atoms with E-state index in [1.165, 1.54) is 0 Å². The second-order valence-corrected chi connectivity index (χ2v) is 3.70. The highest BCUT2D eigenvalue weighted by atomic mass is 79.9. The van der Waals surface area contributed by atoms with Crippen molar-refractivity contribution in [2.24, 2.45) is 0 Å². The van der Waals surface area contributed by atoms with Crippen molar-refractivity contribution >= 4 is 27.7 Å². The van der Waals surface area contributed by atoms with Gasteiger partial charge >= 0.3 is 5.97 Å². The quantitative estimate of drug-likeness (QED) is 0.522. The molecule has 0 aliphatic rings. The molecule has 0 aliphatic carbocycles. The fraction of sp³-hybridized carbons (Fsp3) is 0.182. The van der Waals surface area contributed by atoms with Crippen LogP contribution in [0.5, 0.6) is 0 Å². The first-order valence-electron chi connectivity index (χ1n) is 4.47. The normalized spacial score (nSPS) is 11.2. The Bertz CT molecular complexity index is 368. The maximum Gasteiger partial charge on any atom is 0.334 e. The van der Waals surface area contributed by atoms with Gasteiger partial charge in [-0.15, -0.1) is 0 Å². The number of hydrogen-bond acceptors (Lipinski definition) is 3. The Kier molecular flexibility index (Phi) is 4.37. The van der Waals surface area contributed by atoms with Crippen LogP contribution in [0.4, 0.5) is 0 Å². The molecule has 0 heterocycles. The topological polar surface area (TPSA) is 46.5 Å². The lowest BCUT2D eigenvalue weighted by Crippen LogP contribution is -2.00. The third-order valence-electron chi connectivity index (χ3n) is 1.68. The fourth-order valence-corrected chi connectivity index (χ4v) is 1.26. The first kappa shape index (κ1) is 11.8. The van der Waals surface area contributed by atoms with Crippen LogP contribution < -0.4 is 0 Å². The van der Waals surface area contributed by atoms with Crippen LogP contribution in [0.2, 0.25) is 0 Å². The molecule has 0 saturated heterocycles. The monoisotopic (exact) mass is 270 g/mol. The van der Waals surface area contributed by atoms with Crippen LogP contribution in [-0.4, -0.2) is 17.7 Å². The first-order valence-corrected chi connectivity index (χ1v) is 5.26. The smallest absolute Gasteiger partial charge is 0.334 e. The largest absolute Gasteiger partial charge is 0.507 e. The zero-order valence-electron chi connectivity index (χ0n) is 8.24. The van der Waals surface area contributed by atoms with E-state index in [9.17, 15) is 9.90 Å². The summed E-state index contributed by atoms with van der Waals surface area (Å²) in [5.41, 5.74) is 0.575. The molecular formula is C11H11BrO3. The van der Waals surface area contributed by atoms with Crippen molar-refractivity contribution in [2.45, 2.75) is 6.92 Å². The van der Waals surface area contributed by atoms with Gasteiger partial charge in [0.15, 0.2) is 0 Å². The number of esters is 1. The third kappa shape index (κ3) is 3.75. The van der Waals surface area contributed by atoms with Crippen LogP contribution in [0.15, 0.2) is 34.8 Å². The number of rotatable bonds is 3. The molecule has 0 radical (unpaired) electrons. The Hall–Kier alpha value is -1.29. The Morgan fingerprint density at radius 2 is 2.07 bits per heavy atom. The second-order valence-electron chi connectivity index (χ2n) is 2.79. The molecule has 0 fully saturated rings. The minimum atomic E-state index is -0.544. The Balaban J connectivity index is 2.79. The zero-order valence-corrected chi connectivity index (χ0v) is 9.82. The summed E-state index contributed by atoms with van der Waals surface area (Å²) in [5, 5.41) is 9.55. The Morgan fingerprint density at radius 1 is 1.47 bits per heavy atom. The molecular weight excluding hydrogens is 260 g/mol. The highest BCUT2D eigenvalue weighted by Crippen LogP contribution is 2.15. The number of aliphatic hydroxyl groups is 1. The SMILES string of the molecule is CCOC(=O)C=C(O)c1ccc(Br)cc1. The lowest BCUT2D eigenvalue weighted by molar-refractivity contribution is -0.137. The molecule has 3 nitrogen and oxygen atoms in total. The Labute approximate surface area is 96.5 Å². The summed E-state index contributed by atoms with van der Waals surface area (Å²) in [6.07, 6.45) is 1.06. The first-order chi connectivity index (χ1) is 7.13. The minimum Gasteiger partial charge on any atom is -0.507 e. The number of carbonyl (C=O) groups excluding carboxylic acids is 1. The molecule has 0 saturated carbocycles. The summed E-state index contributed by atoms with van der Waals surface area (Å²) in [7, 11) is 0. The number of halogens is 1. The van der Waals surface area contributed by atoms with Gasteiger partial charge in [-0.25, -0.2) is 4.79 Å². The number of carbonyl (C=O) groups is 1. The van der Waals surface area contributed by atoms with Crippen molar-refractivity contribution < 1.29 is 14.6 Å². The van der Waals surface area contributed by atoms with E-state index in [-0.39, 0.29) is 5.76 Å². The van der Waals surface area contributed by atoms with Crippen molar-refractivity contribution in [1.29, 1.82) is 0 Å². The molecule has 0 atom stereocenters. The van der Waals surface area contributed by atoms with Crippen molar-refractivity contribution in [3.05, 3.63) is 40.4 Å². The molecule has 1 N–H and O–H groups in total. The van der Waals surface area contributed by atoms with Crippen molar-refractivity contribution in [1.82, 2.24) is 0 Å². The molecule has 0 amide bonds. The van der Waals surface area contributed by atoms with Gasteiger partial charge in [-0.3, -0.25) is 0 Å². The van der Waals surface area contributed by atoms with Gasteiger partial charge in [-0.1, -0.05) is 28.1 Å². The predicted molar refractivity (Wildman–Crippen MR) is 61.4 cm³/mol. The lowest BCUT2D eigenvalue weighted by Gasteiger charge is -2.00. The molecule has 80 valence electrons. The van der Waals surface area contributed by atoms with Gasteiger partial charge in [0.1, 0.15) is 5.76 Å². The van der Waals surface area contributed by atoms with Crippen molar-refractivity contribution in [3.8, 4) is 0 Å². The predicted octanol–water partition coefficient (Wildman–Crippen LogP) is 2.91. The van der Waals surface area contributed by atoms with E-state index in [1.54, 1.807) is 31.2 Å². The molecule has 1 aromatic rings. The maximum atomic E-state index is 11.0. The number of ether oxygens (including phenoxy) is 1. The molecule has 4 heteroatoms. The summed E-state index contributed by atoms with van der Waals surface area (Å²) < 4.78 is 5.59. The van der Waals surface area contributed by atoms with Gasteiger partial charge < -0.3 is 9.84 Å². The maximum absolute atomic E-state index is 11.0. The Morgan fingerprint density at radius 3 is 2.60 bits per heavy atom. The molecule has 1 rings (SSSR count). The fourth-order valence-electron chi connectivity index (χ4n) is 1.000. The molecule has 0 aliphatic heterocycles. The van der Waals surface area contributed by atoms with Gasteiger partial charge in [0.2, 0.25) is 0 Å². The average Bonchev–Trinajstić information content (AvgIpc) is 2.18. The summed E-state index contributed by atoms with van der Waals surface area (Å²) in [6.45, 7) is 2.01. The highest BCUT2D eigenvalue weighted by molar-refractivity contribution is 9.10. The summed E-state index contributed by atoms with van der Waals surface area (Å²) in [5.74, 6) is -0.640. The number of benzene rings is 1. The van der Waals surface area contributed by atoms with Crippen LogP contribution in [0.1, 0.15) is 12.5 Å². The molecule has 0 bridgehead atoms.